The Bertz CT molecular complexity index is 361. The lowest BCUT2D eigenvalue weighted by Crippen LogP contribution is -2.35. The molecule has 0 heterocycles. The van der Waals surface area contributed by atoms with Gasteiger partial charge in [0.1, 0.15) is 0 Å². The third kappa shape index (κ3) is 23.6. The largest absolute Gasteiger partial charge is 0.310 e. The second-order valence-electron chi connectivity index (χ2n) is 6.95. The van der Waals surface area contributed by atoms with Crippen molar-refractivity contribution in [3.05, 3.63) is 0 Å². The molecule has 0 aromatic rings. The highest BCUT2D eigenvalue weighted by molar-refractivity contribution is 7.80. The monoisotopic (exact) mass is 358 g/mol. The lowest BCUT2D eigenvalue weighted by molar-refractivity contribution is -0.117. The van der Waals surface area contributed by atoms with E-state index in [9.17, 15) is 4.79 Å². The van der Waals surface area contributed by atoms with E-state index < -0.39 is 0 Å². The predicted molar refractivity (Wildman–Crippen MR) is 111 cm³/mol. The first-order valence-corrected chi connectivity index (χ1v) is 9.16. The van der Waals surface area contributed by atoms with E-state index >= 15 is 0 Å². The average molecular weight is 359 g/mol. The molecule has 6 heteroatoms. The Kier molecular flexibility index (Phi) is 16.8. The summed E-state index contributed by atoms with van der Waals surface area (Å²) in [5.74, 6) is 0.143. The predicted octanol–water partition coefficient (Wildman–Crippen LogP) is 2.39. The fourth-order valence-electron chi connectivity index (χ4n) is 1.32. The molecular weight excluding hydrogens is 320 g/mol. The van der Waals surface area contributed by atoms with Crippen molar-refractivity contribution in [2.45, 2.75) is 73.5 Å². The minimum absolute atomic E-state index is 0.143. The van der Waals surface area contributed by atoms with Crippen LogP contribution in [-0.2, 0) is 4.79 Å². The van der Waals surface area contributed by atoms with Crippen molar-refractivity contribution in [3.63, 3.8) is 0 Å². The maximum Gasteiger partial charge on any atom is 0.167 e. The summed E-state index contributed by atoms with van der Waals surface area (Å²) < 4.78 is 0. The van der Waals surface area contributed by atoms with Crippen LogP contribution in [0.3, 0.4) is 0 Å². The van der Waals surface area contributed by atoms with Crippen molar-refractivity contribution in [2.75, 3.05) is 26.2 Å². The normalized spacial score (nSPS) is 10.6. The highest BCUT2D eigenvalue weighted by atomic mass is 32.1. The summed E-state index contributed by atoms with van der Waals surface area (Å²) in [4.78, 5) is 16.2. The number of nitrogens with zero attached hydrogens (tertiary/aromatic N) is 1. The van der Waals surface area contributed by atoms with Crippen LogP contribution in [0.25, 0.3) is 0 Å². The fraction of sp³-hybridized carbons (Fsp3) is 0.833. The molecule has 0 aliphatic carbocycles. The number of ketones is 1. The molecule has 0 saturated heterocycles. The molecular formula is C18H38N4OS. The molecule has 0 unspecified atom stereocenters. The summed E-state index contributed by atoms with van der Waals surface area (Å²) in [7, 11) is 0. The van der Waals surface area contributed by atoms with E-state index in [0.717, 1.165) is 23.7 Å². The maximum absolute atomic E-state index is 11.1. The summed E-state index contributed by atoms with van der Waals surface area (Å²) in [6.45, 7) is 18.7. The molecule has 0 saturated carbocycles. The molecule has 24 heavy (non-hydrogen) atoms. The maximum atomic E-state index is 11.1. The van der Waals surface area contributed by atoms with Gasteiger partial charge in [0.25, 0.3) is 0 Å². The number of carbonyl (C=O) groups excluding carboxylic acids is 1. The first kappa shape index (κ1) is 25.5. The third-order valence-electron chi connectivity index (χ3n) is 2.69. The zero-order valence-corrected chi connectivity index (χ0v) is 17.6. The SMILES string of the molecule is CC(C)=NCC(=O)CNC(C)C.CC(C)NCC(=S)CNC(C)C. The Morgan fingerprint density at radius 1 is 0.833 bits per heavy atom. The Balaban J connectivity index is 0. The fourth-order valence-corrected chi connectivity index (χ4v) is 1.49. The van der Waals surface area contributed by atoms with Gasteiger partial charge in [0.15, 0.2) is 5.78 Å². The number of hydrogen-bond donors (Lipinski definition) is 3. The van der Waals surface area contributed by atoms with Crippen molar-refractivity contribution in [2.24, 2.45) is 4.99 Å². The van der Waals surface area contributed by atoms with E-state index in [1.165, 1.54) is 0 Å². The van der Waals surface area contributed by atoms with E-state index in [0.29, 0.717) is 31.2 Å². The smallest absolute Gasteiger partial charge is 0.167 e. The molecule has 0 atom stereocenters. The minimum Gasteiger partial charge on any atom is -0.310 e. The summed E-state index contributed by atoms with van der Waals surface area (Å²) in [5, 5.41) is 9.63. The van der Waals surface area contributed by atoms with Gasteiger partial charge in [-0.1, -0.05) is 53.8 Å². The van der Waals surface area contributed by atoms with Crippen molar-refractivity contribution in [3.8, 4) is 0 Å². The first-order valence-electron chi connectivity index (χ1n) is 8.75. The molecule has 0 spiro atoms. The van der Waals surface area contributed by atoms with Crippen LogP contribution in [0.2, 0.25) is 0 Å². The zero-order valence-electron chi connectivity index (χ0n) is 16.8. The number of thiocarbonyl (C=S) groups is 1. The lowest BCUT2D eigenvalue weighted by Gasteiger charge is -2.11. The van der Waals surface area contributed by atoms with Gasteiger partial charge in [-0.3, -0.25) is 9.79 Å². The quantitative estimate of drug-likeness (QED) is 0.391. The standard InChI is InChI=1S/C9H18N2O.C9H20N2S/c2*1-7(2)10-5-9(12)6-11-8(3)4/h7,10H,5-6H2,1-4H3;7-8,10-11H,5-6H2,1-4H3. The molecule has 0 amide bonds. The second kappa shape index (κ2) is 15.8. The molecule has 0 fully saturated rings. The Morgan fingerprint density at radius 2 is 1.21 bits per heavy atom. The van der Waals surface area contributed by atoms with Crippen LogP contribution in [0.4, 0.5) is 0 Å². The molecule has 3 N–H and O–H groups in total. The number of nitrogens with one attached hydrogen (secondary N) is 3. The van der Waals surface area contributed by atoms with Gasteiger partial charge >= 0.3 is 0 Å². The summed E-state index contributed by atoms with van der Waals surface area (Å²) in [6, 6.07) is 1.39. The summed E-state index contributed by atoms with van der Waals surface area (Å²) in [5.41, 5.74) is 0.952. The number of rotatable bonds is 11. The molecule has 142 valence electrons. The molecule has 5 nitrogen and oxygen atoms in total. The molecule has 0 radical (unpaired) electrons. The first-order chi connectivity index (χ1) is 11.0. The van der Waals surface area contributed by atoms with Crippen LogP contribution in [-0.4, -0.2) is 60.7 Å². The van der Waals surface area contributed by atoms with Crippen molar-refractivity contribution in [1.82, 2.24) is 16.0 Å². The molecule has 0 bridgehead atoms. The summed E-state index contributed by atoms with van der Waals surface area (Å²) in [6.07, 6.45) is 0. The van der Waals surface area contributed by atoms with E-state index in [1.54, 1.807) is 0 Å². The zero-order chi connectivity index (χ0) is 19.1. The van der Waals surface area contributed by atoms with Crippen LogP contribution < -0.4 is 16.0 Å². The highest BCUT2D eigenvalue weighted by Gasteiger charge is 2.00. The van der Waals surface area contributed by atoms with Gasteiger partial charge in [-0.25, -0.2) is 0 Å². The van der Waals surface area contributed by atoms with E-state index in [1.807, 2.05) is 27.7 Å². The van der Waals surface area contributed by atoms with Crippen LogP contribution in [0.15, 0.2) is 4.99 Å². The molecule has 0 aliphatic heterocycles. The van der Waals surface area contributed by atoms with Gasteiger partial charge in [-0.15, -0.1) is 0 Å². The number of hydrogen-bond acceptors (Lipinski definition) is 6. The molecule has 0 aromatic heterocycles. The van der Waals surface area contributed by atoms with E-state index in [2.05, 4.69) is 48.6 Å². The van der Waals surface area contributed by atoms with Gasteiger partial charge in [-0.2, -0.15) is 0 Å². The Hall–Kier alpha value is -0.690. The molecule has 0 rings (SSSR count). The van der Waals surface area contributed by atoms with Gasteiger partial charge in [0.05, 0.1) is 13.1 Å². The topological polar surface area (TPSA) is 65.5 Å². The van der Waals surface area contributed by atoms with Crippen molar-refractivity contribution >= 4 is 28.6 Å². The van der Waals surface area contributed by atoms with Crippen LogP contribution in [0.5, 0.6) is 0 Å². The number of carbonyl (C=O) groups is 1. The number of Topliss-reactive ketones (excluding diaryl/α,β-unsaturated/α-hetero) is 1. The van der Waals surface area contributed by atoms with E-state index in [4.69, 9.17) is 12.2 Å². The minimum atomic E-state index is 0.143. The van der Waals surface area contributed by atoms with Gasteiger partial charge in [0.2, 0.25) is 0 Å². The average Bonchev–Trinajstić information content (AvgIpc) is 2.47. The second-order valence-corrected chi connectivity index (χ2v) is 7.52. The molecule has 0 aromatic carbocycles. The van der Waals surface area contributed by atoms with E-state index in [-0.39, 0.29) is 5.78 Å². The Labute approximate surface area is 154 Å². The van der Waals surface area contributed by atoms with Crippen molar-refractivity contribution in [1.29, 1.82) is 0 Å². The Morgan fingerprint density at radius 3 is 1.54 bits per heavy atom. The lowest BCUT2D eigenvalue weighted by atomic mass is 10.3. The van der Waals surface area contributed by atoms with Crippen LogP contribution >= 0.6 is 12.2 Å². The van der Waals surface area contributed by atoms with Gasteiger partial charge in [0, 0.05) is 41.8 Å². The van der Waals surface area contributed by atoms with Crippen molar-refractivity contribution < 1.29 is 4.79 Å². The molecule has 0 aliphatic rings. The third-order valence-corrected chi connectivity index (χ3v) is 2.98. The number of aliphatic imine (C=N–C) groups is 1. The van der Waals surface area contributed by atoms with Gasteiger partial charge in [-0.05, 0) is 13.8 Å². The van der Waals surface area contributed by atoms with Crippen LogP contribution in [0.1, 0.15) is 55.4 Å². The van der Waals surface area contributed by atoms with Gasteiger partial charge < -0.3 is 16.0 Å². The summed E-state index contributed by atoms with van der Waals surface area (Å²) >= 11 is 5.17. The van der Waals surface area contributed by atoms with Crippen LogP contribution in [0, 0.1) is 0 Å². The highest BCUT2D eigenvalue weighted by Crippen LogP contribution is 1.82.